The molecular formula is C21H23ClN4O2. The van der Waals surface area contributed by atoms with Crippen LogP contribution in [0.1, 0.15) is 29.9 Å². The molecule has 2 aromatic carbocycles. The molecule has 146 valence electrons. The molecule has 0 aliphatic rings. The summed E-state index contributed by atoms with van der Waals surface area (Å²) in [4.78, 5) is 26.2. The lowest BCUT2D eigenvalue weighted by molar-refractivity contribution is -0.121. The zero-order chi connectivity index (χ0) is 19.9. The average molecular weight is 399 g/mol. The van der Waals surface area contributed by atoms with Gasteiger partial charge in [-0.15, -0.1) is 0 Å². The Bertz CT molecular complexity index is 970. The minimum Gasteiger partial charge on any atom is -0.361 e. The predicted molar refractivity (Wildman–Crippen MR) is 111 cm³/mol. The van der Waals surface area contributed by atoms with E-state index in [4.69, 9.17) is 17.3 Å². The Morgan fingerprint density at radius 3 is 2.57 bits per heavy atom. The lowest BCUT2D eigenvalue weighted by atomic mass is 9.90. The van der Waals surface area contributed by atoms with Crippen LogP contribution in [0.15, 0.2) is 54.7 Å². The van der Waals surface area contributed by atoms with E-state index in [0.29, 0.717) is 31.0 Å². The number of fused-ring (bicyclic) bond motifs is 1. The van der Waals surface area contributed by atoms with Gasteiger partial charge in [-0.1, -0.05) is 48.0 Å². The van der Waals surface area contributed by atoms with Crippen LogP contribution in [0.4, 0.5) is 4.79 Å². The van der Waals surface area contributed by atoms with Gasteiger partial charge in [0.25, 0.3) is 0 Å². The van der Waals surface area contributed by atoms with E-state index in [1.54, 1.807) is 0 Å². The molecule has 1 atom stereocenters. The van der Waals surface area contributed by atoms with Crippen LogP contribution in [0.25, 0.3) is 10.9 Å². The number of para-hydroxylation sites is 1. The predicted octanol–water partition coefficient (Wildman–Crippen LogP) is 3.52. The second kappa shape index (κ2) is 9.28. The van der Waals surface area contributed by atoms with Gasteiger partial charge in [-0.2, -0.15) is 0 Å². The molecule has 28 heavy (non-hydrogen) atoms. The highest BCUT2D eigenvalue weighted by Crippen LogP contribution is 2.34. The second-order valence-electron chi connectivity index (χ2n) is 6.56. The molecule has 0 aliphatic carbocycles. The lowest BCUT2D eigenvalue weighted by Gasteiger charge is -2.19. The number of hydrogen-bond donors (Lipinski definition) is 4. The van der Waals surface area contributed by atoms with Gasteiger partial charge >= 0.3 is 6.03 Å². The number of carbonyl (C=O) groups excluding carboxylic acids is 2. The van der Waals surface area contributed by atoms with Gasteiger partial charge in [-0.3, -0.25) is 4.79 Å². The van der Waals surface area contributed by atoms with Gasteiger partial charge in [0, 0.05) is 47.6 Å². The third-order valence-electron chi connectivity index (χ3n) is 4.66. The Labute approximate surface area is 168 Å². The van der Waals surface area contributed by atoms with Crippen LogP contribution < -0.4 is 16.4 Å². The fourth-order valence-electron chi connectivity index (χ4n) is 3.29. The molecule has 3 amide bonds. The first-order chi connectivity index (χ1) is 13.6. The molecule has 0 saturated heterocycles. The normalized spacial score (nSPS) is 11.9. The smallest absolute Gasteiger partial charge is 0.312 e. The first-order valence-corrected chi connectivity index (χ1v) is 9.54. The van der Waals surface area contributed by atoms with E-state index in [-0.39, 0.29) is 11.8 Å². The van der Waals surface area contributed by atoms with Gasteiger partial charge < -0.3 is 21.4 Å². The molecule has 7 heteroatoms. The summed E-state index contributed by atoms with van der Waals surface area (Å²) in [5.74, 6) is -0.166. The largest absolute Gasteiger partial charge is 0.361 e. The summed E-state index contributed by atoms with van der Waals surface area (Å²) in [6.07, 6.45) is 2.81. The van der Waals surface area contributed by atoms with Gasteiger partial charge in [0.05, 0.1) is 0 Å². The van der Waals surface area contributed by atoms with Crippen molar-refractivity contribution < 1.29 is 9.59 Å². The highest BCUT2D eigenvalue weighted by molar-refractivity contribution is 6.31. The number of aromatic nitrogens is 1. The van der Waals surface area contributed by atoms with Gasteiger partial charge in [-0.05, 0) is 29.7 Å². The number of primary amides is 1. The molecule has 0 bridgehead atoms. The van der Waals surface area contributed by atoms with Gasteiger partial charge in [0.2, 0.25) is 5.91 Å². The maximum absolute atomic E-state index is 12.2. The number of nitrogens with two attached hydrogens (primary N) is 1. The van der Waals surface area contributed by atoms with E-state index >= 15 is 0 Å². The summed E-state index contributed by atoms with van der Waals surface area (Å²) < 4.78 is 0. The molecule has 6 nitrogen and oxygen atoms in total. The van der Waals surface area contributed by atoms with Gasteiger partial charge in [0.1, 0.15) is 0 Å². The molecule has 1 aromatic heterocycles. The van der Waals surface area contributed by atoms with Gasteiger partial charge in [0.15, 0.2) is 0 Å². The maximum atomic E-state index is 12.2. The molecule has 3 aromatic rings. The monoisotopic (exact) mass is 398 g/mol. The highest BCUT2D eigenvalue weighted by Gasteiger charge is 2.21. The van der Waals surface area contributed by atoms with Crippen LogP contribution >= 0.6 is 11.6 Å². The standard InChI is InChI=1S/C21H23ClN4O2/c22-18-8-3-1-6-14(18)16(13-26-20(27)10-5-11-24-21(23)28)17-12-25-19-9-4-2-7-15(17)19/h1-4,6-9,12,16,25H,5,10-11,13H2,(H,26,27)(H3,23,24,28)/t16-/m1/s1. The van der Waals surface area contributed by atoms with Crippen molar-refractivity contribution in [2.24, 2.45) is 5.73 Å². The molecular weight excluding hydrogens is 376 g/mol. The van der Waals surface area contributed by atoms with E-state index < -0.39 is 6.03 Å². The number of urea groups is 1. The van der Waals surface area contributed by atoms with E-state index in [1.165, 1.54) is 0 Å². The minimum atomic E-state index is -0.585. The molecule has 0 spiro atoms. The van der Waals surface area contributed by atoms with E-state index in [2.05, 4.69) is 21.7 Å². The van der Waals surface area contributed by atoms with E-state index in [0.717, 1.165) is 22.0 Å². The van der Waals surface area contributed by atoms with Crippen LogP contribution in [0.5, 0.6) is 0 Å². The minimum absolute atomic E-state index is 0.0804. The van der Waals surface area contributed by atoms with Crippen LogP contribution in [0, 0.1) is 0 Å². The number of rotatable bonds is 8. The summed E-state index contributed by atoms with van der Waals surface area (Å²) in [5.41, 5.74) is 8.11. The molecule has 0 fully saturated rings. The zero-order valence-corrected chi connectivity index (χ0v) is 16.1. The van der Waals surface area contributed by atoms with E-state index in [1.807, 2.05) is 48.7 Å². The van der Waals surface area contributed by atoms with Crippen molar-refractivity contribution in [3.8, 4) is 0 Å². The topological polar surface area (TPSA) is 100 Å². The summed E-state index contributed by atoms with van der Waals surface area (Å²) in [7, 11) is 0. The SMILES string of the molecule is NC(=O)NCCCC(=O)NC[C@H](c1ccccc1Cl)c1c[nH]c2ccccc12. The van der Waals surface area contributed by atoms with Crippen molar-refractivity contribution in [2.75, 3.05) is 13.1 Å². The first kappa shape index (κ1) is 19.8. The first-order valence-electron chi connectivity index (χ1n) is 9.16. The summed E-state index contributed by atoms with van der Waals surface area (Å²) in [5, 5.41) is 7.24. The van der Waals surface area contributed by atoms with Crippen molar-refractivity contribution in [2.45, 2.75) is 18.8 Å². The van der Waals surface area contributed by atoms with Crippen LogP contribution in [0.3, 0.4) is 0 Å². The number of nitrogens with one attached hydrogen (secondary N) is 3. The number of benzene rings is 2. The third-order valence-corrected chi connectivity index (χ3v) is 5.00. The van der Waals surface area contributed by atoms with Gasteiger partial charge in [-0.25, -0.2) is 4.79 Å². The van der Waals surface area contributed by atoms with Crippen molar-refractivity contribution >= 4 is 34.4 Å². The van der Waals surface area contributed by atoms with Crippen molar-refractivity contribution in [1.29, 1.82) is 0 Å². The zero-order valence-electron chi connectivity index (χ0n) is 15.4. The third kappa shape index (κ3) is 4.84. The Kier molecular flexibility index (Phi) is 6.55. The average Bonchev–Trinajstić information content (AvgIpc) is 3.11. The molecule has 0 saturated carbocycles. The maximum Gasteiger partial charge on any atom is 0.312 e. The fourth-order valence-corrected chi connectivity index (χ4v) is 3.56. The molecule has 0 aliphatic heterocycles. The number of carbonyl (C=O) groups is 2. The Hall–Kier alpha value is -2.99. The molecule has 1 heterocycles. The number of halogens is 1. The summed E-state index contributed by atoms with van der Waals surface area (Å²) in [6, 6.07) is 15.1. The number of hydrogen-bond acceptors (Lipinski definition) is 2. The summed E-state index contributed by atoms with van der Waals surface area (Å²) >= 11 is 6.46. The molecule has 5 N–H and O–H groups in total. The Balaban J connectivity index is 1.76. The Morgan fingerprint density at radius 1 is 1.04 bits per heavy atom. The second-order valence-corrected chi connectivity index (χ2v) is 6.97. The molecule has 3 rings (SSSR count). The lowest BCUT2D eigenvalue weighted by Crippen LogP contribution is -2.32. The Morgan fingerprint density at radius 2 is 1.79 bits per heavy atom. The number of amides is 3. The van der Waals surface area contributed by atoms with Crippen molar-refractivity contribution in [1.82, 2.24) is 15.6 Å². The summed E-state index contributed by atoms with van der Waals surface area (Å²) in [6.45, 7) is 0.798. The number of aromatic amines is 1. The van der Waals surface area contributed by atoms with Crippen molar-refractivity contribution in [3.05, 3.63) is 70.9 Å². The van der Waals surface area contributed by atoms with Crippen molar-refractivity contribution in [3.63, 3.8) is 0 Å². The molecule has 0 unspecified atom stereocenters. The van der Waals surface area contributed by atoms with Crippen LogP contribution in [-0.4, -0.2) is 30.0 Å². The highest BCUT2D eigenvalue weighted by atomic mass is 35.5. The molecule has 0 radical (unpaired) electrons. The van der Waals surface area contributed by atoms with E-state index in [9.17, 15) is 9.59 Å². The fraction of sp³-hybridized carbons (Fsp3) is 0.238. The van der Waals surface area contributed by atoms with Crippen LogP contribution in [0.2, 0.25) is 5.02 Å². The number of H-pyrrole nitrogens is 1. The van der Waals surface area contributed by atoms with Crippen LogP contribution in [-0.2, 0) is 4.79 Å². The quantitative estimate of drug-likeness (QED) is 0.436.